The third-order valence-corrected chi connectivity index (χ3v) is 6.35. The minimum Gasteiger partial charge on any atom is -0.493 e. The topological polar surface area (TPSA) is 49.4 Å². The van der Waals surface area contributed by atoms with Crippen LogP contribution in [0.1, 0.15) is 33.9 Å². The number of methoxy groups -OCH3 is 1. The van der Waals surface area contributed by atoms with Crippen molar-refractivity contribution in [3.8, 4) is 23.0 Å². The molecular weight excluding hydrogens is 430 g/mol. The van der Waals surface area contributed by atoms with Gasteiger partial charge in [0.1, 0.15) is 6.61 Å². The highest BCUT2D eigenvalue weighted by Gasteiger charge is 2.28. The highest BCUT2D eigenvalue weighted by Crippen LogP contribution is 2.40. The number of benzene rings is 3. The molecule has 0 radical (unpaired) electrons. The van der Waals surface area contributed by atoms with Gasteiger partial charge in [-0.15, -0.1) is 0 Å². The number of rotatable bonds is 7. The van der Waals surface area contributed by atoms with Gasteiger partial charge >= 0.3 is 0 Å². The van der Waals surface area contributed by atoms with Gasteiger partial charge in [-0.25, -0.2) is 0 Å². The molecule has 0 N–H and O–H groups in total. The lowest BCUT2D eigenvalue weighted by atomic mass is 9.92. The van der Waals surface area contributed by atoms with Gasteiger partial charge in [-0.2, -0.15) is 5.06 Å². The van der Waals surface area contributed by atoms with Crippen LogP contribution in [0.3, 0.4) is 0 Å². The van der Waals surface area contributed by atoms with Crippen molar-refractivity contribution in [2.45, 2.75) is 26.0 Å². The first-order valence-corrected chi connectivity index (χ1v) is 11.4. The van der Waals surface area contributed by atoms with Gasteiger partial charge in [0.25, 0.3) is 0 Å². The van der Waals surface area contributed by atoms with Crippen LogP contribution in [0.4, 0.5) is 0 Å². The molecule has 5 rings (SSSR count). The van der Waals surface area contributed by atoms with E-state index < -0.39 is 0 Å². The Balaban J connectivity index is 1.44. The molecule has 1 atom stereocenters. The first-order chi connectivity index (χ1) is 16.7. The molecule has 3 aromatic carbocycles. The maximum atomic E-state index is 6.14. The monoisotopic (exact) mass is 459 g/mol. The Kier molecular flexibility index (Phi) is 6.43. The van der Waals surface area contributed by atoms with Crippen LogP contribution in [0.2, 0.25) is 0 Å². The predicted molar refractivity (Wildman–Crippen MR) is 130 cm³/mol. The molecule has 0 aromatic heterocycles. The number of nitrogens with zero attached hydrogens (tertiary/aromatic N) is 1. The molecule has 0 saturated carbocycles. The summed E-state index contributed by atoms with van der Waals surface area (Å²) in [5.41, 5.74) is 5.71. The Bertz CT molecular complexity index is 1190. The maximum absolute atomic E-state index is 6.14. The fourth-order valence-electron chi connectivity index (χ4n) is 4.48. The largest absolute Gasteiger partial charge is 0.493 e. The van der Waals surface area contributed by atoms with Crippen molar-refractivity contribution in [1.29, 1.82) is 0 Å². The van der Waals surface area contributed by atoms with Gasteiger partial charge in [0.2, 0.25) is 6.79 Å². The third kappa shape index (κ3) is 4.47. The Morgan fingerprint density at radius 1 is 1.00 bits per heavy atom. The Labute approximate surface area is 200 Å². The molecule has 1 unspecified atom stereocenters. The summed E-state index contributed by atoms with van der Waals surface area (Å²) < 4.78 is 22.9. The average molecular weight is 460 g/mol. The van der Waals surface area contributed by atoms with Crippen molar-refractivity contribution < 1.29 is 23.8 Å². The van der Waals surface area contributed by atoms with Crippen LogP contribution in [-0.2, 0) is 17.9 Å². The van der Waals surface area contributed by atoms with E-state index in [9.17, 15) is 0 Å². The molecule has 176 valence electrons. The molecule has 0 bridgehead atoms. The van der Waals surface area contributed by atoms with Gasteiger partial charge in [-0.3, -0.25) is 0 Å². The summed E-state index contributed by atoms with van der Waals surface area (Å²) in [6.45, 7) is 3.61. The standard InChI is InChI=1S/C28H29NO5/c1-19-13-26-28(34-18-33-26)14-21(19)9-10-24-23-16-25(30-2)27(15-22(23)11-12-29(24)31-3)32-17-20-7-5-4-6-8-20/h4-10,13-16,24H,11-12,17-18H2,1-3H3/b10-9+. The second-order valence-corrected chi connectivity index (χ2v) is 8.42. The van der Waals surface area contributed by atoms with E-state index in [0.29, 0.717) is 12.4 Å². The molecule has 2 aliphatic heterocycles. The van der Waals surface area contributed by atoms with Crippen molar-refractivity contribution in [3.63, 3.8) is 0 Å². The van der Waals surface area contributed by atoms with E-state index in [4.69, 9.17) is 23.8 Å². The second kappa shape index (κ2) is 9.79. The molecule has 0 aliphatic carbocycles. The Hall–Kier alpha value is -3.48. The summed E-state index contributed by atoms with van der Waals surface area (Å²) in [4.78, 5) is 5.73. The molecule has 0 fully saturated rings. The molecular formula is C28H29NO5. The van der Waals surface area contributed by atoms with Crippen LogP contribution < -0.4 is 18.9 Å². The summed E-state index contributed by atoms with van der Waals surface area (Å²) in [5, 5.41) is 1.99. The van der Waals surface area contributed by atoms with E-state index in [-0.39, 0.29) is 12.8 Å². The van der Waals surface area contributed by atoms with E-state index >= 15 is 0 Å². The zero-order valence-corrected chi connectivity index (χ0v) is 19.7. The van der Waals surface area contributed by atoms with Crippen LogP contribution in [0, 0.1) is 6.92 Å². The molecule has 0 spiro atoms. The molecule has 3 aromatic rings. The maximum Gasteiger partial charge on any atom is 0.231 e. The van der Waals surface area contributed by atoms with Crippen LogP contribution in [0.15, 0.2) is 60.7 Å². The fraction of sp³-hybridized carbons (Fsp3) is 0.286. The van der Waals surface area contributed by atoms with E-state index in [2.05, 4.69) is 43.3 Å². The number of hydroxylamine groups is 2. The Morgan fingerprint density at radius 3 is 2.56 bits per heavy atom. The average Bonchev–Trinajstić information content (AvgIpc) is 3.32. The minimum atomic E-state index is -0.0596. The number of hydrogen-bond donors (Lipinski definition) is 0. The lowest BCUT2D eigenvalue weighted by Crippen LogP contribution is -2.33. The van der Waals surface area contributed by atoms with Gasteiger partial charge in [0.05, 0.1) is 20.3 Å². The minimum absolute atomic E-state index is 0.0596. The van der Waals surface area contributed by atoms with Gasteiger partial charge < -0.3 is 23.8 Å². The van der Waals surface area contributed by atoms with Crippen molar-refractivity contribution in [2.24, 2.45) is 0 Å². The van der Waals surface area contributed by atoms with Gasteiger partial charge in [0.15, 0.2) is 23.0 Å². The summed E-state index contributed by atoms with van der Waals surface area (Å²) in [6.07, 6.45) is 5.15. The molecule has 2 aliphatic rings. The van der Waals surface area contributed by atoms with Gasteiger partial charge in [-0.1, -0.05) is 42.5 Å². The quantitative estimate of drug-likeness (QED) is 0.466. The highest BCUT2D eigenvalue weighted by molar-refractivity contribution is 5.62. The number of aryl methyl sites for hydroxylation is 1. The molecule has 2 heterocycles. The van der Waals surface area contributed by atoms with Crippen molar-refractivity contribution in [3.05, 3.63) is 88.5 Å². The lowest BCUT2D eigenvalue weighted by Gasteiger charge is -2.34. The molecule has 6 heteroatoms. The number of fused-ring (bicyclic) bond motifs is 2. The second-order valence-electron chi connectivity index (χ2n) is 8.42. The van der Waals surface area contributed by atoms with Crippen LogP contribution in [0.5, 0.6) is 23.0 Å². The summed E-state index contributed by atoms with van der Waals surface area (Å²) in [5.74, 6) is 3.04. The zero-order chi connectivity index (χ0) is 23.5. The highest BCUT2D eigenvalue weighted by atomic mass is 16.7. The smallest absolute Gasteiger partial charge is 0.231 e. The van der Waals surface area contributed by atoms with E-state index in [0.717, 1.165) is 52.5 Å². The number of hydrogen-bond acceptors (Lipinski definition) is 6. The summed E-state index contributed by atoms with van der Waals surface area (Å²) in [7, 11) is 3.39. The van der Waals surface area contributed by atoms with Crippen LogP contribution in [0.25, 0.3) is 6.08 Å². The van der Waals surface area contributed by atoms with Crippen molar-refractivity contribution >= 4 is 6.08 Å². The summed E-state index contributed by atoms with van der Waals surface area (Å²) >= 11 is 0. The molecule has 34 heavy (non-hydrogen) atoms. The van der Waals surface area contributed by atoms with E-state index in [1.807, 2.05) is 35.4 Å². The molecule has 6 nitrogen and oxygen atoms in total. The lowest BCUT2D eigenvalue weighted by molar-refractivity contribution is -0.155. The zero-order valence-electron chi connectivity index (χ0n) is 19.7. The first-order valence-electron chi connectivity index (χ1n) is 11.4. The Morgan fingerprint density at radius 2 is 1.79 bits per heavy atom. The van der Waals surface area contributed by atoms with Crippen LogP contribution >= 0.6 is 0 Å². The van der Waals surface area contributed by atoms with E-state index in [1.165, 1.54) is 5.56 Å². The SMILES string of the molecule is COc1cc2c(cc1OCc1ccccc1)CCN(OC)C2/C=C/c1cc2c(cc1C)OCO2. The van der Waals surface area contributed by atoms with Gasteiger partial charge in [-0.05, 0) is 65.4 Å². The predicted octanol–water partition coefficient (Wildman–Crippen LogP) is 5.49. The normalized spacial score (nSPS) is 17.1. The van der Waals surface area contributed by atoms with Gasteiger partial charge in [0, 0.05) is 6.54 Å². The molecule has 0 saturated heterocycles. The summed E-state index contributed by atoms with van der Waals surface area (Å²) in [6, 6.07) is 18.3. The van der Waals surface area contributed by atoms with Crippen LogP contribution in [-0.4, -0.2) is 32.6 Å². The van der Waals surface area contributed by atoms with Crippen molar-refractivity contribution in [1.82, 2.24) is 5.06 Å². The fourth-order valence-corrected chi connectivity index (χ4v) is 4.48. The van der Waals surface area contributed by atoms with Crippen molar-refractivity contribution in [2.75, 3.05) is 27.6 Å². The first kappa shape index (κ1) is 22.3. The number of ether oxygens (including phenoxy) is 4. The molecule has 0 amide bonds. The third-order valence-electron chi connectivity index (χ3n) is 6.35. The van der Waals surface area contributed by atoms with E-state index in [1.54, 1.807) is 14.2 Å².